The molecule has 0 atom stereocenters. The van der Waals surface area contributed by atoms with Gasteiger partial charge in [-0.25, -0.2) is 8.78 Å². The molecule has 0 aromatic heterocycles. The van der Waals surface area contributed by atoms with E-state index in [4.69, 9.17) is 4.74 Å². The summed E-state index contributed by atoms with van der Waals surface area (Å²) >= 11 is 0. The second kappa shape index (κ2) is 7.35. The second-order valence-corrected chi connectivity index (χ2v) is 4.35. The minimum atomic E-state index is -0.513. The molecule has 2 nitrogen and oxygen atoms in total. The molecule has 0 saturated carbocycles. The maximum absolute atomic E-state index is 13.2. The zero-order valence-electron chi connectivity index (χ0n) is 10.3. The molecule has 96 valence electrons. The monoisotopic (exact) mass is 243 g/mol. The lowest BCUT2D eigenvalue weighted by Gasteiger charge is -2.09. The fourth-order valence-electron chi connectivity index (χ4n) is 1.38. The summed E-state index contributed by atoms with van der Waals surface area (Å²) in [5.74, 6) is -0.528. The molecule has 0 bridgehead atoms. The molecule has 1 rings (SSSR count). The highest BCUT2D eigenvalue weighted by Gasteiger charge is 2.06. The van der Waals surface area contributed by atoms with Crippen LogP contribution >= 0.6 is 0 Å². The Kier molecular flexibility index (Phi) is 6.08. The lowest BCUT2D eigenvalue weighted by molar-refractivity contribution is 0.111. The van der Waals surface area contributed by atoms with Gasteiger partial charge in [0.05, 0.1) is 6.61 Å². The zero-order valence-corrected chi connectivity index (χ0v) is 10.3. The standard InChI is InChI=1S/C13H19F2NO/c1-10(2)9-17-7-6-16-8-11-12(14)4-3-5-13(11)15/h3-5,10,16H,6-9H2,1-2H3. The van der Waals surface area contributed by atoms with Gasteiger partial charge < -0.3 is 10.1 Å². The van der Waals surface area contributed by atoms with Gasteiger partial charge in [0, 0.05) is 25.3 Å². The largest absolute Gasteiger partial charge is 0.380 e. The minimum absolute atomic E-state index is 0.0800. The van der Waals surface area contributed by atoms with Crippen LogP contribution < -0.4 is 5.32 Å². The topological polar surface area (TPSA) is 21.3 Å². The van der Waals surface area contributed by atoms with Crippen molar-refractivity contribution in [1.82, 2.24) is 5.32 Å². The predicted octanol–water partition coefficient (Wildman–Crippen LogP) is 2.73. The Balaban J connectivity index is 2.22. The van der Waals surface area contributed by atoms with Crippen LogP contribution in [0.15, 0.2) is 18.2 Å². The summed E-state index contributed by atoms with van der Waals surface area (Å²) in [5.41, 5.74) is 0.0800. The van der Waals surface area contributed by atoms with Gasteiger partial charge in [-0.3, -0.25) is 0 Å². The molecule has 0 saturated heterocycles. The number of halogens is 2. The SMILES string of the molecule is CC(C)COCCNCc1c(F)cccc1F. The lowest BCUT2D eigenvalue weighted by atomic mass is 10.2. The van der Waals surface area contributed by atoms with Crippen molar-refractivity contribution in [3.8, 4) is 0 Å². The Morgan fingerprint density at radius 1 is 1.24 bits per heavy atom. The Morgan fingerprint density at radius 2 is 1.88 bits per heavy atom. The van der Waals surface area contributed by atoms with E-state index >= 15 is 0 Å². The van der Waals surface area contributed by atoms with E-state index in [0.717, 1.165) is 0 Å². The van der Waals surface area contributed by atoms with Crippen LogP contribution in [0.2, 0.25) is 0 Å². The van der Waals surface area contributed by atoms with Crippen LogP contribution in [0, 0.1) is 17.6 Å². The summed E-state index contributed by atoms with van der Waals surface area (Å²) in [7, 11) is 0. The maximum atomic E-state index is 13.2. The molecule has 1 aromatic carbocycles. The van der Waals surface area contributed by atoms with Gasteiger partial charge in [-0.05, 0) is 18.1 Å². The highest BCUT2D eigenvalue weighted by molar-refractivity contribution is 5.19. The number of hydrogen-bond acceptors (Lipinski definition) is 2. The van der Waals surface area contributed by atoms with Gasteiger partial charge in [-0.2, -0.15) is 0 Å². The van der Waals surface area contributed by atoms with Gasteiger partial charge in [0.25, 0.3) is 0 Å². The third kappa shape index (κ3) is 5.24. The van der Waals surface area contributed by atoms with E-state index in [1.807, 2.05) is 0 Å². The zero-order chi connectivity index (χ0) is 12.7. The molecule has 0 aliphatic rings. The van der Waals surface area contributed by atoms with Gasteiger partial charge >= 0.3 is 0 Å². The first-order chi connectivity index (χ1) is 8.11. The fraction of sp³-hybridized carbons (Fsp3) is 0.538. The third-order valence-electron chi connectivity index (χ3n) is 2.24. The highest BCUT2D eigenvalue weighted by Crippen LogP contribution is 2.11. The Morgan fingerprint density at radius 3 is 2.47 bits per heavy atom. The first kappa shape index (κ1) is 14.1. The quantitative estimate of drug-likeness (QED) is 0.743. The molecular formula is C13H19F2NO. The van der Waals surface area contributed by atoms with Crippen molar-refractivity contribution in [3.05, 3.63) is 35.4 Å². The Labute approximate surface area is 101 Å². The normalized spacial score (nSPS) is 11.1. The molecule has 0 unspecified atom stereocenters. The van der Waals surface area contributed by atoms with Gasteiger partial charge in [0.2, 0.25) is 0 Å². The molecule has 0 radical (unpaired) electrons. The Bertz CT molecular complexity index is 322. The first-order valence-corrected chi connectivity index (χ1v) is 5.82. The van der Waals surface area contributed by atoms with E-state index in [1.54, 1.807) is 0 Å². The van der Waals surface area contributed by atoms with E-state index in [0.29, 0.717) is 25.7 Å². The van der Waals surface area contributed by atoms with Crippen LogP contribution in [-0.4, -0.2) is 19.8 Å². The molecule has 0 aliphatic carbocycles. The van der Waals surface area contributed by atoms with Crippen LogP contribution in [0.25, 0.3) is 0 Å². The predicted molar refractivity (Wildman–Crippen MR) is 63.7 cm³/mol. The van der Waals surface area contributed by atoms with Crippen molar-refractivity contribution in [3.63, 3.8) is 0 Å². The molecule has 0 fully saturated rings. The number of ether oxygens (including phenoxy) is 1. The van der Waals surface area contributed by atoms with Crippen molar-refractivity contribution in [2.45, 2.75) is 20.4 Å². The van der Waals surface area contributed by atoms with Crippen molar-refractivity contribution < 1.29 is 13.5 Å². The summed E-state index contributed by atoms with van der Waals surface area (Å²) < 4.78 is 31.8. The molecule has 4 heteroatoms. The molecule has 17 heavy (non-hydrogen) atoms. The highest BCUT2D eigenvalue weighted by atomic mass is 19.1. The second-order valence-electron chi connectivity index (χ2n) is 4.35. The summed E-state index contributed by atoms with van der Waals surface area (Å²) in [6.07, 6.45) is 0. The molecular weight excluding hydrogens is 224 g/mol. The van der Waals surface area contributed by atoms with Crippen LogP contribution in [0.1, 0.15) is 19.4 Å². The number of benzene rings is 1. The number of nitrogens with one attached hydrogen (secondary N) is 1. The van der Waals surface area contributed by atoms with Gasteiger partial charge in [0.15, 0.2) is 0 Å². The van der Waals surface area contributed by atoms with Crippen molar-refractivity contribution in [2.24, 2.45) is 5.92 Å². The van der Waals surface area contributed by atoms with Crippen molar-refractivity contribution in [1.29, 1.82) is 0 Å². The smallest absolute Gasteiger partial charge is 0.130 e. The summed E-state index contributed by atoms with van der Waals surface area (Å²) in [5, 5.41) is 2.95. The van der Waals surface area contributed by atoms with E-state index < -0.39 is 11.6 Å². The summed E-state index contributed by atoms with van der Waals surface area (Å²) in [6, 6.07) is 3.88. The molecule has 0 heterocycles. The van der Waals surface area contributed by atoms with Crippen molar-refractivity contribution in [2.75, 3.05) is 19.8 Å². The average Bonchev–Trinajstić information content (AvgIpc) is 2.26. The van der Waals surface area contributed by atoms with Crippen LogP contribution in [-0.2, 0) is 11.3 Å². The summed E-state index contributed by atoms with van der Waals surface area (Å²) in [4.78, 5) is 0. The summed E-state index contributed by atoms with van der Waals surface area (Å²) in [6.45, 7) is 6.17. The van der Waals surface area contributed by atoms with Crippen molar-refractivity contribution >= 4 is 0 Å². The molecule has 1 N–H and O–H groups in total. The van der Waals surface area contributed by atoms with E-state index in [2.05, 4.69) is 19.2 Å². The molecule has 1 aromatic rings. The van der Waals surface area contributed by atoms with Crippen LogP contribution in [0.4, 0.5) is 8.78 Å². The lowest BCUT2D eigenvalue weighted by Crippen LogP contribution is -2.21. The Hall–Kier alpha value is -1.00. The minimum Gasteiger partial charge on any atom is -0.380 e. The van der Waals surface area contributed by atoms with Gasteiger partial charge in [-0.1, -0.05) is 19.9 Å². The van der Waals surface area contributed by atoms with Gasteiger partial charge in [-0.15, -0.1) is 0 Å². The fourth-order valence-corrected chi connectivity index (χ4v) is 1.38. The molecule has 0 amide bonds. The number of hydrogen-bond donors (Lipinski definition) is 1. The van der Waals surface area contributed by atoms with E-state index in [9.17, 15) is 8.78 Å². The molecule has 0 aliphatic heterocycles. The maximum Gasteiger partial charge on any atom is 0.130 e. The number of rotatable bonds is 7. The average molecular weight is 243 g/mol. The third-order valence-corrected chi connectivity index (χ3v) is 2.24. The van der Waals surface area contributed by atoms with E-state index in [-0.39, 0.29) is 12.1 Å². The first-order valence-electron chi connectivity index (χ1n) is 5.82. The van der Waals surface area contributed by atoms with E-state index in [1.165, 1.54) is 18.2 Å². The molecule has 0 spiro atoms. The van der Waals surface area contributed by atoms with Crippen LogP contribution in [0.5, 0.6) is 0 Å². The van der Waals surface area contributed by atoms with Crippen LogP contribution in [0.3, 0.4) is 0 Å². The van der Waals surface area contributed by atoms with Gasteiger partial charge in [0.1, 0.15) is 11.6 Å².